The Balaban J connectivity index is 5.11. The molecule has 0 fully saturated rings. The molecule has 9 heteroatoms. The van der Waals surface area contributed by atoms with Crippen LogP contribution in [-0.4, -0.2) is 223 Å². The molecular formula is C40H91N9. The monoisotopic (exact) mass is 698 g/mol. The lowest BCUT2D eigenvalue weighted by molar-refractivity contribution is 0.148. The van der Waals surface area contributed by atoms with Crippen LogP contribution in [0.1, 0.15) is 86.5 Å². The number of nitrogens with zero attached hydrogens (tertiary/aromatic N) is 9. The lowest BCUT2D eigenvalue weighted by atomic mass is 10.3. The van der Waals surface area contributed by atoms with Crippen LogP contribution in [0.25, 0.3) is 0 Å². The summed E-state index contributed by atoms with van der Waals surface area (Å²) in [6.45, 7) is 39.7. The van der Waals surface area contributed by atoms with Crippen LogP contribution < -0.4 is 0 Å². The SMILES string of the molecule is CCCCN(C)CCN(CCN(C)CCC)CCN(CCC)CCN(C)CCN(CCN(C)CCC)CCN(CCC)CCN(C)CCC. The van der Waals surface area contributed by atoms with Crippen LogP contribution in [0.5, 0.6) is 0 Å². The maximum atomic E-state index is 2.75. The maximum absolute atomic E-state index is 2.75. The van der Waals surface area contributed by atoms with Crippen LogP contribution in [0.2, 0.25) is 0 Å². The Labute approximate surface area is 309 Å². The van der Waals surface area contributed by atoms with E-state index in [0.717, 1.165) is 26.2 Å². The molecule has 296 valence electrons. The van der Waals surface area contributed by atoms with Crippen LogP contribution in [0, 0.1) is 0 Å². The summed E-state index contributed by atoms with van der Waals surface area (Å²) in [6, 6.07) is 0. The molecule has 0 saturated carbocycles. The highest BCUT2D eigenvalue weighted by atomic mass is 15.3. The van der Waals surface area contributed by atoms with E-state index in [1.165, 1.54) is 163 Å². The van der Waals surface area contributed by atoms with Gasteiger partial charge >= 0.3 is 0 Å². The van der Waals surface area contributed by atoms with Gasteiger partial charge in [-0.25, -0.2) is 0 Å². The molecule has 0 saturated heterocycles. The van der Waals surface area contributed by atoms with Gasteiger partial charge in [-0.3, -0.25) is 9.80 Å². The normalized spacial score (nSPS) is 12.7. The van der Waals surface area contributed by atoms with Gasteiger partial charge in [0.05, 0.1) is 0 Å². The first-order valence-electron chi connectivity index (χ1n) is 20.9. The number of rotatable bonds is 37. The summed E-state index contributed by atoms with van der Waals surface area (Å²) in [7, 11) is 11.5. The van der Waals surface area contributed by atoms with Gasteiger partial charge in [0.15, 0.2) is 0 Å². The third kappa shape index (κ3) is 28.9. The van der Waals surface area contributed by atoms with Crippen LogP contribution >= 0.6 is 0 Å². The number of hydrogen-bond acceptors (Lipinski definition) is 9. The fourth-order valence-electron chi connectivity index (χ4n) is 6.54. The Morgan fingerprint density at radius 2 is 0.408 bits per heavy atom. The smallest absolute Gasteiger partial charge is 0.0110 e. The van der Waals surface area contributed by atoms with Gasteiger partial charge in [0, 0.05) is 105 Å². The van der Waals surface area contributed by atoms with Crippen molar-refractivity contribution in [3.05, 3.63) is 0 Å². The van der Waals surface area contributed by atoms with Crippen LogP contribution in [0.3, 0.4) is 0 Å². The van der Waals surface area contributed by atoms with E-state index >= 15 is 0 Å². The van der Waals surface area contributed by atoms with Crippen molar-refractivity contribution in [3.63, 3.8) is 0 Å². The average Bonchev–Trinajstić information content (AvgIpc) is 3.07. The zero-order chi connectivity index (χ0) is 36.7. The zero-order valence-corrected chi connectivity index (χ0v) is 35.5. The van der Waals surface area contributed by atoms with Gasteiger partial charge in [-0.15, -0.1) is 0 Å². The third-order valence-corrected chi connectivity index (χ3v) is 10.0. The molecule has 0 spiro atoms. The van der Waals surface area contributed by atoms with Crippen molar-refractivity contribution in [2.45, 2.75) is 86.5 Å². The largest absolute Gasteiger partial charge is 0.305 e. The molecule has 0 aromatic rings. The molecule has 0 aromatic heterocycles. The van der Waals surface area contributed by atoms with Gasteiger partial charge in [-0.2, -0.15) is 0 Å². The second kappa shape index (κ2) is 33.5. The topological polar surface area (TPSA) is 29.2 Å². The molecule has 0 radical (unpaired) electrons. The minimum absolute atomic E-state index is 1.14. The maximum Gasteiger partial charge on any atom is 0.0110 e. The van der Waals surface area contributed by atoms with E-state index in [1.807, 2.05) is 0 Å². The Kier molecular flexibility index (Phi) is 33.2. The second-order valence-electron chi connectivity index (χ2n) is 15.2. The molecule has 0 bridgehead atoms. The van der Waals surface area contributed by atoms with Crippen molar-refractivity contribution in [1.82, 2.24) is 44.1 Å². The van der Waals surface area contributed by atoms with Crippen LogP contribution in [0.4, 0.5) is 0 Å². The summed E-state index contributed by atoms with van der Waals surface area (Å²) in [4.78, 5) is 23.6. The van der Waals surface area contributed by atoms with Crippen molar-refractivity contribution in [1.29, 1.82) is 0 Å². The summed E-state index contributed by atoms with van der Waals surface area (Å²) in [6.07, 6.45) is 8.73. The van der Waals surface area contributed by atoms with Crippen LogP contribution in [0.15, 0.2) is 0 Å². The van der Waals surface area contributed by atoms with E-state index in [4.69, 9.17) is 0 Å². The molecule has 0 aliphatic heterocycles. The van der Waals surface area contributed by atoms with Gasteiger partial charge in [0.1, 0.15) is 0 Å². The molecule has 0 amide bonds. The van der Waals surface area contributed by atoms with Crippen molar-refractivity contribution >= 4 is 0 Å². The Bertz CT molecular complexity index is 684. The van der Waals surface area contributed by atoms with Crippen molar-refractivity contribution in [3.8, 4) is 0 Å². The molecular weight excluding hydrogens is 607 g/mol. The first-order valence-corrected chi connectivity index (χ1v) is 20.9. The highest BCUT2D eigenvalue weighted by Gasteiger charge is 2.15. The Hall–Kier alpha value is -0.360. The molecule has 0 N–H and O–H groups in total. The van der Waals surface area contributed by atoms with Crippen molar-refractivity contribution in [2.24, 2.45) is 0 Å². The fraction of sp³-hybridized carbons (Fsp3) is 1.00. The second-order valence-corrected chi connectivity index (χ2v) is 15.2. The molecule has 0 aliphatic rings. The molecule has 0 unspecified atom stereocenters. The lowest BCUT2D eigenvalue weighted by Crippen LogP contribution is -2.45. The predicted octanol–water partition coefficient (Wildman–Crippen LogP) is 4.70. The van der Waals surface area contributed by atoms with E-state index < -0.39 is 0 Å². The molecule has 9 nitrogen and oxygen atoms in total. The summed E-state index contributed by atoms with van der Waals surface area (Å²) >= 11 is 0. The molecule has 49 heavy (non-hydrogen) atoms. The molecule has 0 atom stereocenters. The van der Waals surface area contributed by atoms with E-state index in [-0.39, 0.29) is 0 Å². The zero-order valence-electron chi connectivity index (χ0n) is 35.5. The number of hydrogen-bond donors (Lipinski definition) is 0. The summed E-state index contributed by atoms with van der Waals surface area (Å²) in [5.41, 5.74) is 0. The highest BCUT2D eigenvalue weighted by molar-refractivity contribution is 4.71. The fourth-order valence-corrected chi connectivity index (χ4v) is 6.54. The van der Waals surface area contributed by atoms with E-state index in [9.17, 15) is 0 Å². The average molecular weight is 698 g/mol. The summed E-state index contributed by atoms with van der Waals surface area (Å²) < 4.78 is 0. The minimum Gasteiger partial charge on any atom is -0.305 e. The van der Waals surface area contributed by atoms with Gasteiger partial charge in [-0.1, -0.05) is 48.0 Å². The third-order valence-electron chi connectivity index (χ3n) is 10.0. The van der Waals surface area contributed by atoms with Crippen LogP contribution in [-0.2, 0) is 0 Å². The first kappa shape index (κ1) is 48.6. The lowest BCUT2D eigenvalue weighted by Gasteiger charge is -2.32. The quantitative estimate of drug-likeness (QED) is 0.0917. The molecule has 0 aromatic carbocycles. The van der Waals surface area contributed by atoms with E-state index in [1.54, 1.807) is 0 Å². The molecule has 0 heterocycles. The Morgan fingerprint density at radius 3 is 0.653 bits per heavy atom. The summed E-state index contributed by atoms with van der Waals surface area (Å²) in [5, 5.41) is 0. The standard InChI is InChI=1S/C40H91N9/c1-12-18-24-44(10)28-35-48(33-26-42(8)20-14-3)39-38-47(23-17-6)32-29-45(11)30-36-49(34-27-43(9)21-15-4)40-37-46(22-16-5)31-25-41(7)19-13-2/h12-40H2,1-11H3. The molecule has 0 rings (SSSR count). The van der Waals surface area contributed by atoms with Crippen molar-refractivity contribution < 1.29 is 0 Å². The van der Waals surface area contributed by atoms with Crippen molar-refractivity contribution in [2.75, 3.05) is 179 Å². The number of likely N-dealkylation sites (N-methyl/N-ethyl adjacent to an activating group) is 5. The Morgan fingerprint density at radius 1 is 0.204 bits per heavy atom. The van der Waals surface area contributed by atoms with Gasteiger partial charge < -0.3 is 34.3 Å². The number of unbranched alkanes of at least 4 members (excludes halogenated alkanes) is 1. The molecule has 0 aliphatic carbocycles. The summed E-state index contributed by atoms with van der Waals surface area (Å²) in [5.74, 6) is 0. The van der Waals surface area contributed by atoms with Gasteiger partial charge in [0.25, 0.3) is 0 Å². The van der Waals surface area contributed by atoms with Gasteiger partial charge in [-0.05, 0) is 113 Å². The minimum atomic E-state index is 1.14. The predicted molar refractivity (Wildman–Crippen MR) is 220 cm³/mol. The highest BCUT2D eigenvalue weighted by Crippen LogP contribution is 2.02. The first-order chi connectivity index (χ1) is 23.6. The van der Waals surface area contributed by atoms with E-state index in [0.29, 0.717) is 0 Å². The van der Waals surface area contributed by atoms with E-state index in [2.05, 4.69) is 121 Å². The van der Waals surface area contributed by atoms with Gasteiger partial charge in [0.2, 0.25) is 0 Å².